The van der Waals surface area contributed by atoms with Gasteiger partial charge in [-0.25, -0.2) is 0 Å². The van der Waals surface area contributed by atoms with Gasteiger partial charge < -0.3 is 15.4 Å². The van der Waals surface area contributed by atoms with Crippen LogP contribution in [0.5, 0.6) is 0 Å². The van der Waals surface area contributed by atoms with Gasteiger partial charge in [-0.15, -0.1) is 0 Å². The summed E-state index contributed by atoms with van der Waals surface area (Å²) >= 11 is 0. The molecule has 0 fully saturated rings. The Bertz CT molecular complexity index is 278. The van der Waals surface area contributed by atoms with Gasteiger partial charge in [0.25, 0.3) is 0 Å². The lowest BCUT2D eigenvalue weighted by atomic mass is 10.1. The molecule has 0 spiro atoms. The molecule has 0 aliphatic carbocycles. The first-order chi connectivity index (χ1) is 9.41. The maximum atomic E-state index is 11.5. The second-order valence-corrected chi connectivity index (χ2v) is 5.72. The largest absolute Gasteiger partial charge is 0.379 e. The quantitative estimate of drug-likeness (QED) is 0.570. The molecular weight excluding hydrogens is 256 g/mol. The Kier molecular flexibility index (Phi) is 11.1. The molecule has 0 saturated heterocycles. The van der Waals surface area contributed by atoms with E-state index in [9.17, 15) is 9.59 Å². The number of carbonyl (C=O) groups is 2. The zero-order valence-electron chi connectivity index (χ0n) is 13.3. The molecule has 0 aromatic carbocycles. The summed E-state index contributed by atoms with van der Waals surface area (Å²) in [5, 5.41) is 5.61. The van der Waals surface area contributed by atoms with E-state index < -0.39 is 0 Å². The normalized spacial score (nSPS) is 10.9. The molecule has 2 amide bonds. The fourth-order valence-corrected chi connectivity index (χ4v) is 1.68. The Morgan fingerprint density at radius 3 is 2.30 bits per heavy atom. The topological polar surface area (TPSA) is 67.4 Å². The SMILES string of the molecule is CC(C)CCCC(=O)NCCOCCC(=O)NC(C)C. The molecule has 118 valence electrons. The Morgan fingerprint density at radius 2 is 1.70 bits per heavy atom. The minimum Gasteiger partial charge on any atom is -0.379 e. The van der Waals surface area contributed by atoms with Crippen LogP contribution in [0, 0.1) is 5.92 Å². The predicted octanol–water partition coefficient (Wildman–Crippen LogP) is 1.86. The molecule has 0 aromatic rings. The van der Waals surface area contributed by atoms with Crippen LogP contribution in [0.15, 0.2) is 0 Å². The lowest BCUT2D eigenvalue weighted by molar-refractivity contribution is -0.123. The van der Waals surface area contributed by atoms with E-state index in [1.165, 1.54) is 0 Å². The van der Waals surface area contributed by atoms with E-state index in [0.717, 1.165) is 12.8 Å². The van der Waals surface area contributed by atoms with Crippen molar-refractivity contribution in [3.63, 3.8) is 0 Å². The van der Waals surface area contributed by atoms with Crippen molar-refractivity contribution in [2.45, 2.75) is 59.4 Å². The van der Waals surface area contributed by atoms with E-state index in [2.05, 4.69) is 24.5 Å². The van der Waals surface area contributed by atoms with Crippen LogP contribution in [-0.4, -0.2) is 37.6 Å². The van der Waals surface area contributed by atoms with Crippen LogP contribution in [-0.2, 0) is 14.3 Å². The van der Waals surface area contributed by atoms with Crippen molar-refractivity contribution in [2.75, 3.05) is 19.8 Å². The van der Waals surface area contributed by atoms with Gasteiger partial charge in [0.15, 0.2) is 0 Å². The van der Waals surface area contributed by atoms with Crippen LogP contribution in [0.4, 0.5) is 0 Å². The highest BCUT2D eigenvalue weighted by molar-refractivity contribution is 5.76. The van der Waals surface area contributed by atoms with Crippen LogP contribution < -0.4 is 10.6 Å². The zero-order valence-corrected chi connectivity index (χ0v) is 13.3. The van der Waals surface area contributed by atoms with Crippen LogP contribution in [0.1, 0.15) is 53.4 Å². The summed E-state index contributed by atoms with van der Waals surface area (Å²) in [6, 6.07) is 0.160. The van der Waals surface area contributed by atoms with Crippen molar-refractivity contribution in [3.05, 3.63) is 0 Å². The number of hydrogen-bond donors (Lipinski definition) is 2. The molecule has 0 unspecified atom stereocenters. The molecule has 0 aliphatic rings. The lowest BCUT2D eigenvalue weighted by Crippen LogP contribution is -2.31. The van der Waals surface area contributed by atoms with E-state index in [-0.39, 0.29) is 17.9 Å². The first kappa shape index (κ1) is 18.9. The van der Waals surface area contributed by atoms with Gasteiger partial charge in [-0.2, -0.15) is 0 Å². The van der Waals surface area contributed by atoms with E-state index in [1.807, 2.05) is 13.8 Å². The van der Waals surface area contributed by atoms with Crippen molar-refractivity contribution in [1.29, 1.82) is 0 Å². The van der Waals surface area contributed by atoms with Gasteiger partial charge in [0.1, 0.15) is 0 Å². The van der Waals surface area contributed by atoms with Crippen LogP contribution in [0.2, 0.25) is 0 Å². The molecule has 0 saturated carbocycles. The molecule has 5 heteroatoms. The molecule has 0 aliphatic heterocycles. The van der Waals surface area contributed by atoms with Crippen molar-refractivity contribution in [2.24, 2.45) is 5.92 Å². The van der Waals surface area contributed by atoms with Crippen LogP contribution in [0.3, 0.4) is 0 Å². The second kappa shape index (κ2) is 11.7. The van der Waals surface area contributed by atoms with Gasteiger partial charge in [-0.1, -0.05) is 20.3 Å². The molecule has 0 aromatic heterocycles. The molecule has 0 atom stereocenters. The van der Waals surface area contributed by atoms with E-state index in [1.54, 1.807) is 0 Å². The minimum atomic E-state index is -0.00211. The van der Waals surface area contributed by atoms with Gasteiger partial charge >= 0.3 is 0 Å². The number of hydrogen-bond acceptors (Lipinski definition) is 3. The maximum Gasteiger partial charge on any atom is 0.222 e. The molecule has 0 radical (unpaired) electrons. The molecular formula is C15H30N2O3. The highest BCUT2D eigenvalue weighted by atomic mass is 16.5. The molecule has 2 N–H and O–H groups in total. The molecule has 0 rings (SSSR count). The predicted molar refractivity (Wildman–Crippen MR) is 80.4 cm³/mol. The smallest absolute Gasteiger partial charge is 0.222 e. The van der Waals surface area contributed by atoms with Gasteiger partial charge in [-0.3, -0.25) is 9.59 Å². The first-order valence-electron chi connectivity index (χ1n) is 7.55. The fourth-order valence-electron chi connectivity index (χ4n) is 1.68. The Morgan fingerprint density at radius 1 is 1.00 bits per heavy atom. The van der Waals surface area contributed by atoms with Gasteiger partial charge in [0.05, 0.1) is 13.2 Å². The number of rotatable bonds is 11. The van der Waals surface area contributed by atoms with Gasteiger partial charge in [-0.05, 0) is 26.2 Å². The zero-order chi connectivity index (χ0) is 15.4. The lowest BCUT2D eigenvalue weighted by Gasteiger charge is -2.09. The van der Waals surface area contributed by atoms with Crippen LogP contribution >= 0.6 is 0 Å². The highest BCUT2D eigenvalue weighted by Crippen LogP contribution is 2.05. The van der Waals surface area contributed by atoms with Crippen molar-refractivity contribution < 1.29 is 14.3 Å². The van der Waals surface area contributed by atoms with Gasteiger partial charge in [0, 0.05) is 25.4 Å². The summed E-state index contributed by atoms with van der Waals surface area (Å²) < 4.78 is 5.30. The molecule has 0 bridgehead atoms. The summed E-state index contributed by atoms with van der Waals surface area (Å²) in [4.78, 5) is 22.8. The standard InChI is InChI=1S/C15H30N2O3/c1-12(2)6-5-7-14(18)16-9-11-20-10-8-15(19)17-13(3)4/h12-13H,5-11H2,1-4H3,(H,16,18)(H,17,19). The Hall–Kier alpha value is -1.10. The maximum absolute atomic E-state index is 11.5. The number of carbonyl (C=O) groups excluding carboxylic acids is 2. The summed E-state index contributed by atoms with van der Waals surface area (Å²) in [6.07, 6.45) is 2.95. The first-order valence-corrected chi connectivity index (χ1v) is 7.55. The van der Waals surface area contributed by atoms with Gasteiger partial charge in [0.2, 0.25) is 11.8 Å². The number of ether oxygens (including phenoxy) is 1. The number of nitrogens with one attached hydrogen (secondary N) is 2. The van der Waals surface area contributed by atoms with E-state index >= 15 is 0 Å². The van der Waals surface area contributed by atoms with E-state index in [4.69, 9.17) is 4.74 Å². The van der Waals surface area contributed by atoms with E-state index in [0.29, 0.717) is 38.5 Å². The molecule has 20 heavy (non-hydrogen) atoms. The third kappa shape index (κ3) is 13.3. The summed E-state index contributed by atoms with van der Waals surface area (Å²) in [7, 11) is 0. The summed E-state index contributed by atoms with van der Waals surface area (Å²) in [6.45, 7) is 9.50. The van der Waals surface area contributed by atoms with Crippen molar-refractivity contribution in [3.8, 4) is 0 Å². The average Bonchev–Trinajstić information content (AvgIpc) is 2.32. The summed E-state index contributed by atoms with van der Waals surface area (Å²) in [5.74, 6) is 0.715. The summed E-state index contributed by atoms with van der Waals surface area (Å²) in [5.41, 5.74) is 0. The highest BCUT2D eigenvalue weighted by Gasteiger charge is 2.04. The monoisotopic (exact) mass is 286 g/mol. The third-order valence-corrected chi connectivity index (χ3v) is 2.68. The van der Waals surface area contributed by atoms with Crippen molar-refractivity contribution >= 4 is 11.8 Å². The molecule has 5 nitrogen and oxygen atoms in total. The Balaban J connectivity index is 3.35. The van der Waals surface area contributed by atoms with Crippen molar-refractivity contribution in [1.82, 2.24) is 10.6 Å². The second-order valence-electron chi connectivity index (χ2n) is 5.72. The van der Waals surface area contributed by atoms with Crippen LogP contribution in [0.25, 0.3) is 0 Å². The molecule has 0 heterocycles. The third-order valence-electron chi connectivity index (χ3n) is 2.68. The Labute approximate surface area is 122 Å². The number of amides is 2. The average molecular weight is 286 g/mol. The minimum absolute atomic E-state index is 0.00211. The fraction of sp³-hybridized carbons (Fsp3) is 0.867.